The molecule has 0 bridgehead atoms. The number of carbonyl (C=O) groups is 1. The predicted octanol–water partition coefficient (Wildman–Crippen LogP) is 4.20. The highest BCUT2D eigenvalue weighted by Crippen LogP contribution is 2.19. The third kappa shape index (κ3) is 3.58. The number of thiophene rings is 1. The number of halogens is 2. The molecule has 2 rings (SSSR count). The number of benzene rings is 1. The molecular weight excluding hydrogens is 388 g/mol. The van der Waals surface area contributed by atoms with Crippen LogP contribution < -0.4 is 0 Å². The Morgan fingerprint density at radius 3 is 2.80 bits per heavy atom. The van der Waals surface area contributed by atoms with Crippen LogP contribution in [0.1, 0.15) is 22.2 Å². The van der Waals surface area contributed by atoms with Crippen molar-refractivity contribution in [1.29, 1.82) is 0 Å². The molecule has 2 aromatic rings. The lowest BCUT2D eigenvalue weighted by atomic mass is 10.1. The first-order valence-electron chi connectivity index (χ1n) is 6.23. The number of carbonyl (C=O) groups excluding carboxylic acids is 1. The lowest BCUT2D eigenvalue weighted by Gasteiger charge is -2.25. The number of likely N-dealkylation sites (N-methyl/N-ethyl adjacent to an activating group) is 1. The van der Waals surface area contributed by atoms with Gasteiger partial charge in [0.15, 0.2) is 0 Å². The highest BCUT2D eigenvalue weighted by molar-refractivity contribution is 14.1. The Bertz CT molecular complexity index is 600. The van der Waals surface area contributed by atoms with Gasteiger partial charge in [-0.05, 0) is 59.2 Å². The van der Waals surface area contributed by atoms with Gasteiger partial charge in [-0.1, -0.05) is 6.07 Å². The summed E-state index contributed by atoms with van der Waals surface area (Å²) < 4.78 is 13.7. The van der Waals surface area contributed by atoms with E-state index in [2.05, 4.69) is 6.07 Å². The van der Waals surface area contributed by atoms with Gasteiger partial charge >= 0.3 is 0 Å². The Kier molecular flexibility index (Phi) is 5.15. The van der Waals surface area contributed by atoms with Crippen LogP contribution in [0.5, 0.6) is 0 Å². The molecule has 0 spiro atoms. The molecule has 0 aliphatic rings. The molecule has 1 aromatic carbocycles. The molecule has 1 atom stereocenters. The summed E-state index contributed by atoms with van der Waals surface area (Å²) in [4.78, 5) is 15.4. The molecule has 2 nitrogen and oxygen atoms in total. The fourth-order valence-corrected chi connectivity index (χ4v) is 3.44. The Morgan fingerprint density at radius 2 is 2.20 bits per heavy atom. The quantitative estimate of drug-likeness (QED) is 0.701. The third-order valence-electron chi connectivity index (χ3n) is 3.22. The molecule has 20 heavy (non-hydrogen) atoms. The Morgan fingerprint density at radius 1 is 1.45 bits per heavy atom. The van der Waals surface area contributed by atoms with Crippen molar-refractivity contribution in [2.24, 2.45) is 0 Å². The minimum absolute atomic E-state index is 0.0709. The highest BCUT2D eigenvalue weighted by Gasteiger charge is 2.20. The maximum atomic E-state index is 13.1. The Hall–Kier alpha value is -0.950. The van der Waals surface area contributed by atoms with Crippen LogP contribution in [0.2, 0.25) is 0 Å². The van der Waals surface area contributed by atoms with Crippen molar-refractivity contribution in [1.82, 2.24) is 4.90 Å². The smallest absolute Gasteiger partial charge is 0.254 e. The number of hydrogen-bond acceptors (Lipinski definition) is 2. The molecule has 1 heterocycles. The van der Waals surface area contributed by atoms with E-state index in [1.807, 2.05) is 41.0 Å². The predicted molar refractivity (Wildman–Crippen MR) is 88.7 cm³/mol. The maximum Gasteiger partial charge on any atom is 0.254 e. The van der Waals surface area contributed by atoms with Crippen LogP contribution in [-0.2, 0) is 6.42 Å². The van der Waals surface area contributed by atoms with Crippen LogP contribution in [0.4, 0.5) is 4.39 Å². The summed E-state index contributed by atoms with van der Waals surface area (Å²) in [6, 6.07) is 8.44. The highest BCUT2D eigenvalue weighted by atomic mass is 127. The second kappa shape index (κ2) is 6.67. The van der Waals surface area contributed by atoms with E-state index in [-0.39, 0.29) is 17.8 Å². The molecule has 0 saturated heterocycles. The topological polar surface area (TPSA) is 20.3 Å². The minimum atomic E-state index is -0.319. The van der Waals surface area contributed by atoms with E-state index in [0.717, 1.165) is 6.42 Å². The molecule has 1 unspecified atom stereocenters. The molecule has 1 amide bonds. The van der Waals surface area contributed by atoms with Crippen LogP contribution in [0.15, 0.2) is 35.7 Å². The fourth-order valence-electron chi connectivity index (χ4n) is 1.91. The molecule has 0 N–H and O–H groups in total. The van der Waals surface area contributed by atoms with Gasteiger partial charge in [0.05, 0.1) is 5.56 Å². The van der Waals surface area contributed by atoms with Crippen molar-refractivity contribution in [3.05, 3.63) is 55.5 Å². The van der Waals surface area contributed by atoms with Crippen LogP contribution in [-0.4, -0.2) is 23.9 Å². The average Bonchev–Trinajstić information content (AvgIpc) is 2.90. The first kappa shape index (κ1) is 15.4. The summed E-state index contributed by atoms with van der Waals surface area (Å²) in [5.41, 5.74) is 0.549. The summed E-state index contributed by atoms with van der Waals surface area (Å²) >= 11 is 3.69. The van der Waals surface area contributed by atoms with E-state index in [1.54, 1.807) is 29.4 Å². The summed E-state index contributed by atoms with van der Waals surface area (Å²) in [6.07, 6.45) is 0.831. The zero-order valence-corrected chi connectivity index (χ0v) is 14.2. The number of nitrogens with zero attached hydrogens (tertiary/aromatic N) is 1. The maximum absolute atomic E-state index is 13.1. The van der Waals surface area contributed by atoms with Crippen molar-refractivity contribution >= 4 is 39.8 Å². The van der Waals surface area contributed by atoms with E-state index in [9.17, 15) is 9.18 Å². The molecular formula is C15H15FINOS. The van der Waals surface area contributed by atoms with Gasteiger partial charge in [0.25, 0.3) is 5.91 Å². The van der Waals surface area contributed by atoms with Crippen LogP contribution >= 0.6 is 33.9 Å². The Balaban J connectivity index is 2.11. The van der Waals surface area contributed by atoms with E-state index in [4.69, 9.17) is 0 Å². The average molecular weight is 403 g/mol. The third-order valence-corrected chi connectivity index (χ3v) is 5.01. The molecule has 0 aliphatic carbocycles. The second-order valence-corrected chi connectivity index (χ2v) is 6.87. The molecule has 0 radical (unpaired) electrons. The standard InChI is InChI=1S/C15H15FINOS/c1-10(8-12-4-3-7-20-12)18(2)15(19)13-6-5-11(16)9-14(13)17/h3-7,9-10H,8H2,1-2H3. The van der Waals surface area contributed by atoms with Crippen molar-refractivity contribution < 1.29 is 9.18 Å². The SMILES string of the molecule is CC(Cc1cccs1)N(C)C(=O)c1ccc(F)cc1I. The van der Waals surface area contributed by atoms with Crippen LogP contribution in [0.25, 0.3) is 0 Å². The fraction of sp³-hybridized carbons (Fsp3) is 0.267. The van der Waals surface area contributed by atoms with Gasteiger partial charge in [-0.15, -0.1) is 11.3 Å². The lowest BCUT2D eigenvalue weighted by molar-refractivity contribution is 0.0743. The van der Waals surface area contributed by atoms with Crippen molar-refractivity contribution in [3.63, 3.8) is 0 Å². The summed E-state index contributed by atoms with van der Waals surface area (Å²) in [7, 11) is 1.79. The largest absolute Gasteiger partial charge is 0.339 e. The summed E-state index contributed by atoms with van der Waals surface area (Å²) in [6.45, 7) is 2.02. The normalized spacial score (nSPS) is 12.2. The first-order chi connectivity index (χ1) is 9.49. The van der Waals surface area contributed by atoms with Crippen LogP contribution in [0.3, 0.4) is 0 Å². The van der Waals surface area contributed by atoms with Gasteiger partial charge in [0, 0.05) is 28.0 Å². The van der Waals surface area contributed by atoms with Gasteiger partial charge < -0.3 is 4.90 Å². The van der Waals surface area contributed by atoms with Gasteiger partial charge in [-0.25, -0.2) is 4.39 Å². The van der Waals surface area contributed by atoms with Gasteiger partial charge in [-0.3, -0.25) is 4.79 Å². The lowest BCUT2D eigenvalue weighted by Crippen LogP contribution is -2.36. The molecule has 0 saturated carbocycles. The van der Waals surface area contributed by atoms with Crippen molar-refractivity contribution in [3.8, 4) is 0 Å². The van der Waals surface area contributed by atoms with E-state index in [0.29, 0.717) is 9.13 Å². The number of hydrogen-bond donors (Lipinski definition) is 0. The number of amides is 1. The van der Waals surface area contributed by atoms with Gasteiger partial charge in [0.1, 0.15) is 5.82 Å². The second-order valence-electron chi connectivity index (χ2n) is 4.67. The van der Waals surface area contributed by atoms with Gasteiger partial charge in [-0.2, -0.15) is 0 Å². The van der Waals surface area contributed by atoms with Gasteiger partial charge in [0.2, 0.25) is 0 Å². The molecule has 5 heteroatoms. The Labute approximate surface area is 135 Å². The number of rotatable bonds is 4. The van der Waals surface area contributed by atoms with Crippen LogP contribution in [0, 0.1) is 9.39 Å². The zero-order chi connectivity index (χ0) is 14.7. The molecule has 1 aromatic heterocycles. The molecule has 0 aliphatic heterocycles. The summed E-state index contributed by atoms with van der Waals surface area (Å²) in [5, 5.41) is 2.03. The van der Waals surface area contributed by atoms with Crippen molar-refractivity contribution in [2.75, 3.05) is 7.05 Å². The first-order valence-corrected chi connectivity index (χ1v) is 8.19. The van der Waals surface area contributed by atoms with E-state index in [1.165, 1.54) is 17.0 Å². The van der Waals surface area contributed by atoms with Crippen molar-refractivity contribution in [2.45, 2.75) is 19.4 Å². The zero-order valence-electron chi connectivity index (χ0n) is 11.3. The molecule has 106 valence electrons. The summed E-state index contributed by atoms with van der Waals surface area (Å²) in [5.74, 6) is -0.390. The minimum Gasteiger partial charge on any atom is -0.339 e. The van der Waals surface area contributed by atoms with E-state index < -0.39 is 0 Å². The van der Waals surface area contributed by atoms with E-state index >= 15 is 0 Å². The molecule has 0 fully saturated rings. The monoisotopic (exact) mass is 403 g/mol.